The van der Waals surface area contributed by atoms with Crippen LogP contribution in [0.3, 0.4) is 0 Å². The molecule has 0 aliphatic carbocycles. The van der Waals surface area contributed by atoms with E-state index in [4.69, 9.17) is 0 Å². The average molecular weight is 558 g/mol. The Morgan fingerprint density at radius 3 is 2.22 bits per heavy atom. The van der Waals surface area contributed by atoms with Crippen LogP contribution in [0.15, 0.2) is 19.5 Å². The van der Waals surface area contributed by atoms with Gasteiger partial charge in [0.15, 0.2) is 0 Å². The molecule has 0 radical (unpaired) electrons. The molecule has 1 aliphatic rings. The summed E-state index contributed by atoms with van der Waals surface area (Å²) in [5, 5.41) is 13.6. The van der Waals surface area contributed by atoms with Crippen LogP contribution in [0.1, 0.15) is 31.9 Å². The van der Waals surface area contributed by atoms with Crippen molar-refractivity contribution in [2.45, 2.75) is 26.3 Å². The van der Waals surface area contributed by atoms with Gasteiger partial charge in [0.25, 0.3) is 0 Å². The molecule has 1 atom stereocenters. The van der Waals surface area contributed by atoms with E-state index in [-0.39, 0.29) is 30.6 Å². The minimum Gasteiger partial charge on any atom is -0.506 e. The van der Waals surface area contributed by atoms with Crippen molar-refractivity contribution in [3.63, 3.8) is 0 Å². The number of rotatable bonds is 4. The van der Waals surface area contributed by atoms with E-state index in [1.807, 2.05) is 6.07 Å². The van der Waals surface area contributed by atoms with E-state index in [1.54, 1.807) is 0 Å². The smallest absolute Gasteiger partial charge is 0.144 e. The number of hydrogen-bond acceptors (Lipinski definition) is 3. The summed E-state index contributed by atoms with van der Waals surface area (Å²) in [6.45, 7) is 8.60. The Morgan fingerprint density at radius 1 is 1.13 bits per heavy atom. The van der Waals surface area contributed by atoms with Crippen LogP contribution >= 0.6 is 72.6 Å². The summed E-state index contributed by atoms with van der Waals surface area (Å²) in [4.78, 5) is 2.51. The number of hydrogen-bond donors (Lipinski definition) is 2. The molecule has 134 valence electrons. The molecule has 23 heavy (non-hydrogen) atoms. The van der Waals surface area contributed by atoms with Crippen LogP contribution in [0.4, 0.5) is 0 Å². The summed E-state index contributed by atoms with van der Waals surface area (Å²) < 4.78 is 2.52. The van der Waals surface area contributed by atoms with Gasteiger partial charge in [-0.1, -0.05) is 29.8 Å². The van der Waals surface area contributed by atoms with E-state index >= 15 is 0 Å². The van der Waals surface area contributed by atoms with Crippen LogP contribution in [0.25, 0.3) is 0 Å². The zero-order chi connectivity index (χ0) is 15.6. The second-order valence-corrected chi connectivity index (χ2v) is 8.35. The van der Waals surface area contributed by atoms with E-state index in [9.17, 15) is 5.11 Å². The Balaban J connectivity index is 0.00000242. The van der Waals surface area contributed by atoms with Crippen LogP contribution in [-0.2, 0) is 0 Å². The molecule has 0 spiro atoms. The molecule has 1 heterocycles. The number of phenolic OH excluding ortho intramolecular Hbond substituents is 1. The van der Waals surface area contributed by atoms with Gasteiger partial charge in [0.1, 0.15) is 5.75 Å². The van der Waals surface area contributed by atoms with Gasteiger partial charge in [-0.15, -0.1) is 24.8 Å². The quantitative estimate of drug-likeness (QED) is 0.512. The van der Waals surface area contributed by atoms with Crippen molar-refractivity contribution in [3.8, 4) is 5.75 Å². The van der Waals surface area contributed by atoms with Crippen LogP contribution in [0.2, 0.25) is 0 Å². The maximum absolute atomic E-state index is 10.2. The fourth-order valence-corrected chi connectivity index (χ4v) is 5.44. The number of halogens is 5. The molecule has 0 unspecified atom stereocenters. The molecule has 1 aromatic rings. The van der Waals surface area contributed by atoms with Crippen LogP contribution < -0.4 is 5.32 Å². The van der Waals surface area contributed by atoms with E-state index in [0.29, 0.717) is 16.4 Å². The third-order valence-electron chi connectivity index (χ3n) is 3.80. The molecule has 0 saturated carbocycles. The standard InChI is InChI=1S/C15H21Br3N2O.2ClH/c1-9(2)7-12(20-5-3-19-4-6-20)13-10(16)8-11(17)15(21)14(13)18;;/h8-9,12,19,21H,3-7H2,1-2H3;2*1H/t12-;;/m0../s1. The molecule has 0 bridgehead atoms. The third kappa shape index (κ3) is 6.01. The van der Waals surface area contributed by atoms with Crippen molar-refractivity contribution in [1.29, 1.82) is 0 Å². The largest absolute Gasteiger partial charge is 0.506 e. The molecule has 1 fully saturated rings. The van der Waals surface area contributed by atoms with Crippen molar-refractivity contribution in [3.05, 3.63) is 25.0 Å². The van der Waals surface area contributed by atoms with Gasteiger partial charge in [-0.05, 0) is 50.3 Å². The number of benzene rings is 1. The lowest BCUT2D eigenvalue weighted by molar-refractivity contribution is 0.153. The summed E-state index contributed by atoms with van der Waals surface area (Å²) in [6.07, 6.45) is 1.07. The lowest BCUT2D eigenvalue weighted by atomic mass is 9.95. The molecule has 1 aliphatic heterocycles. The molecule has 1 saturated heterocycles. The maximum Gasteiger partial charge on any atom is 0.144 e. The number of aromatic hydroxyl groups is 1. The zero-order valence-corrected chi connectivity index (χ0v) is 19.5. The second kappa shape index (κ2) is 10.8. The Bertz CT molecular complexity index is 512. The predicted octanol–water partition coefficient (Wildman–Crippen LogP) is 5.52. The van der Waals surface area contributed by atoms with Crippen molar-refractivity contribution in [1.82, 2.24) is 10.2 Å². The monoisotopic (exact) mass is 554 g/mol. The highest BCUT2D eigenvalue weighted by molar-refractivity contribution is 9.11. The summed E-state index contributed by atoms with van der Waals surface area (Å²) in [6, 6.07) is 2.24. The molecule has 0 amide bonds. The Labute approximate surface area is 176 Å². The van der Waals surface area contributed by atoms with Crippen molar-refractivity contribution in [2.75, 3.05) is 26.2 Å². The topological polar surface area (TPSA) is 35.5 Å². The van der Waals surface area contributed by atoms with Gasteiger partial charge in [-0.25, -0.2) is 0 Å². The molecule has 0 aromatic heterocycles. The Hall–Kier alpha value is 0.960. The van der Waals surface area contributed by atoms with Gasteiger partial charge in [0, 0.05) is 42.3 Å². The normalized spacial score (nSPS) is 16.6. The highest BCUT2D eigenvalue weighted by atomic mass is 79.9. The highest BCUT2D eigenvalue weighted by Crippen LogP contribution is 2.45. The molecule has 2 rings (SSSR count). The van der Waals surface area contributed by atoms with Gasteiger partial charge in [0.05, 0.1) is 8.95 Å². The van der Waals surface area contributed by atoms with E-state index in [2.05, 4.69) is 71.9 Å². The summed E-state index contributed by atoms with van der Waals surface area (Å²) in [7, 11) is 0. The van der Waals surface area contributed by atoms with Crippen molar-refractivity contribution < 1.29 is 5.11 Å². The van der Waals surface area contributed by atoms with Crippen LogP contribution in [0.5, 0.6) is 5.75 Å². The van der Waals surface area contributed by atoms with Gasteiger partial charge in [0.2, 0.25) is 0 Å². The fourth-order valence-electron chi connectivity index (χ4n) is 2.79. The van der Waals surface area contributed by atoms with Gasteiger partial charge in [-0.2, -0.15) is 0 Å². The lowest BCUT2D eigenvalue weighted by Gasteiger charge is -2.37. The second-order valence-electron chi connectivity index (χ2n) is 5.85. The third-order valence-corrected chi connectivity index (χ3v) is 5.86. The van der Waals surface area contributed by atoms with E-state index < -0.39 is 0 Å². The minimum atomic E-state index is 0. The lowest BCUT2D eigenvalue weighted by Crippen LogP contribution is -2.45. The molecular formula is C15H23Br3Cl2N2O. The number of nitrogens with one attached hydrogen (secondary N) is 1. The Morgan fingerprint density at radius 2 is 1.70 bits per heavy atom. The first-order valence-corrected chi connectivity index (χ1v) is 9.60. The maximum atomic E-state index is 10.2. The Kier molecular flexibility index (Phi) is 11.3. The molecule has 1 aromatic carbocycles. The zero-order valence-electron chi connectivity index (χ0n) is 13.1. The van der Waals surface area contributed by atoms with Gasteiger partial charge < -0.3 is 10.4 Å². The first-order chi connectivity index (χ1) is 9.91. The first-order valence-electron chi connectivity index (χ1n) is 7.23. The van der Waals surface area contributed by atoms with Crippen LogP contribution in [-0.4, -0.2) is 36.2 Å². The summed E-state index contributed by atoms with van der Waals surface area (Å²) >= 11 is 10.7. The van der Waals surface area contributed by atoms with E-state index in [1.165, 1.54) is 0 Å². The van der Waals surface area contributed by atoms with Crippen molar-refractivity contribution in [2.24, 2.45) is 5.92 Å². The molecule has 8 heteroatoms. The molecule has 3 nitrogen and oxygen atoms in total. The first kappa shape index (κ1) is 24.0. The molecule has 2 N–H and O–H groups in total. The number of phenols is 1. The van der Waals surface area contributed by atoms with Crippen molar-refractivity contribution >= 4 is 72.6 Å². The van der Waals surface area contributed by atoms with Gasteiger partial charge in [-0.3, -0.25) is 4.90 Å². The SMILES string of the molecule is CC(C)C[C@@H](c1c(Br)cc(Br)c(O)c1Br)N1CCNCC1.Cl.Cl. The van der Waals surface area contributed by atoms with Crippen LogP contribution in [0, 0.1) is 5.92 Å². The summed E-state index contributed by atoms with van der Waals surface area (Å²) in [5.74, 6) is 0.867. The van der Waals surface area contributed by atoms with Gasteiger partial charge >= 0.3 is 0 Å². The number of piperazine rings is 1. The van der Waals surface area contributed by atoms with E-state index in [0.717, 1.165) is 47.1 Å². The minimum absolute atomic E-state index is 0. The molecular weight excluding hydrogens is 535 g/mol. The summed E-state index contributed by atoms with van der Waals surface area (Å²) in [5.41, 5.74) is 1.14. The number of nitrogens with zero attached hydrogens (tertiary/aromatic N) is 1. The average Bonchev–Trinajstić information content (AvgIpc) is 2.44. The predicted molar refractivity (Wildman–Crippen MR) is 112 cm³/mol. The highest BCUT2D eigenvalue weighted by Gasteiger charge is 2.28. The fraction of sp³-hybridized carbons (Fsp3) is 0.600.